The zero-order valence-corrected chi connectivity index (χ0v) is 15.0. The van der Waals surface area contributed by atoms with Crippen LogP contribution in [0.4, 0.5) is 5.82 Å². The summed E-state index contributed by atoms with van der Waals surface area (Å²) in [7, 11) is 0. The van der Waals surface area contributed by atoms with Crippen molar-refractivity contribution in [2.45, 2.75) is 25.3 Å². The van der Waals surface area contributed by atoms with E-state index in [-0.39, 0.29) is 11.9 Å². The fraction of sp³-hybridized carbons (Fsp3) is 0.538. The number of amides is 1. The Morgan fingerprint density at radius 1 is 1.50 bits per heavy atom. The maximum atomic E-state index is 12.1. The second-order valence-corrected chi connectivity index (χ2v) is 6.77. The molecule has 1 atom stereocenters. The number of hydrogen-bond donors (Lipinski definition) is 2. The molecule has 3 heterocycles. The maximum absolute atomic E-state index is 12.1. The minimum atomic E-state index is 0.123. The van der Waals surface area contributed by atoms with Gasteiger partial charge < -0.3 is 10.6 Å². The molecule has 2 aromatic rings. The van der Waals surface area contributed by atoms with Gasteiger partial charge in [0.05, 0.1) is 11.4 Å². The number of hydrogen-bond acceptors (Lipinski definition) is 6. The lowest BCUT2D eigenvalue weighted by atomic mass is 10.1. The molecule has 0 aliphatic carbocycles. The van der Waals surface area contributed by atoms with E-state index in [1.165, 1.54) is 6.33 Å². The Bertz CT molecular complexity index is 705. The lowest BCUT2D eigenvalue weighted by Gasteiger charge is -2.33. The van der Waals surface area contributed by atoms with Crippen LogP contribution in [0.1, 0.15) is 25.3 Å². The van der Waals surface area contributed by atoms with Crippen molar-refractivity contribution in [2.75, 3.05) is 24.6 Å². The molecule has 0 radical (unpaired) electrons. The molecule has 9 heteroatoms. The number of nitrogens with two attached hydrogens (primary N) is 1. The van der Waals surface area contributed by atoms with Crippen LogP contribution < -0.4 is 5.73 Å². The van der Waals surface area contributed by atoms with Gasteiger partial charge in [0.25, 0.3) is 0 Å². The zero-order chi connectivity index (χ0) is 15.7. The van der Waals surface area contributed by atoms with Crippen LogP contribution in [0.2, 0.25) is 0 Å². The summed E-state index contributed by atoms with van der Waals surface area (Å²) in [6.07, 6.45) is 3.86. The standard InChI is InChI=1S/C13H17IN6OS/c14-11-10-12(15)16-7-17-13(10)20(18-11)8-2-1-4-19(6-8)9(21)3-5-22/h7-8,22H,1-6H2,(H2,15,16,17)/t8-/m1/s1. The van der Waals surface area contributed by atoms with E-state index >= 15 is 0 Å². The number of thiol groups is 1. The van der Waals surface area contributed by atoms with Crippen molar-refractivity contribution in [3.05, 3.63) is 10.0 Å². The van der Waals surface area contributed by atoms with Crippen LogP contribution >= 0.6 is 35.2 Å². The Hall–Kier alpha value is -1.10. The molecule has 0 saturated carbocycles. The first-order chi connectivity index (χ1) is 10.6. The summed E-state index contributed by atoms with van der Waals surface area (Å²) in [4.78, 5) is 22.4. The summed E-state index contributed by atoms with van der Waals surface area (Å²) in [5.41, 5.74) is 6.67. The predicted octanol–water partition coefficient (Wildman–Crippen LogP) is 1.50. The molecular formula is C13H17IN6OS. The number of carbonyl (C=O) groups excluding carboxylic acids is 1. The van der Waals surface area contributed by atoms with Gasteiger partial charge in [-0.1, -0.05) is 0 Å². The number of anilines is 1. The molecule has 1 aliphatic rings. The fourth-order valence-electron chi connectivity index (χ4n) is 2.84. The Balaban J connectivity index is 1.91. The molecule has 22 heavy (non-hydrogen) atoms. The number of fused-ring (bicyclic) bond motifs is 1. The number of carbonyl (C=O) groups is 1. The van der Waals surface area contributed by atoms with Gasteiger partial charge in [0.1, 0.15) is 15.8 Å². The highest BCUT2D eigenvalue weighted by molar-refractivity contribution is 14.1. The molecule has 7 nitrogen and oxygen atoms in total. The van der Waals surface area contributed by atoms with E-state index in [9.17, 15) is 4.79 Å². The van der Waals surface area contributed by atoms with Gasteiger partial charge in [-0.3, -0.25) is 4.79 Å². The number of halogens is 1. The fourth-order valence-corrected chi connectivity index (χ4v) is 3.78. The largest absolute Gasteiger partial charge is 0.383 e. The normalized spacial score (nSPS) is 18.8. The van der Waals surface area contributed by atoms with Crippen LogP contribution in [0.3, 0.4) is 0 Å². The predicted molar refractivity (Wildman–Crippen MR) is 95.8 cm³/mol. The molecule has 118 valence electrons. The van der Waals surface area contributed by atoms with E-state index in [1.807, 2.05) is 9.58 Å². The third-order valence-electron chi connectivity index (χ3n) is 3.90. The molecule has 0 spiro atoms. The van der Waals surface area contributed by atoms with Crippen molar-refractivity contribution in [3.63, 3.8) is 0 Å². The number of nitrogen functional groups attached to an aromatic ring is 1. The van der Waals surface area contributed by atoms with Gasteiger partial charge in [0.15, 0.2) is 5.65 Å². The third kappa shape index (κ3) is 2.87. The summed E-state index contributed by atoms with van der Waals surface area (Å²) in [6.45, 7) is 1.46. The molecule has 1 amide bonds. The molecule has 3 rings (SSSR count). The van der Waals surface area contributed by atoms with Gasteiger partial charge in [-0.25, -0.2) is 14.6 Å². The second kappa shape index (κ2) is 6.57. The van der Waals surface area contributed by atoms with Crippen molar-refractivity contribution in [2.24, 2.45) is 0 Å². The first-order valence-electron chi connectivity index (χ1n) is 7.14. The lowest BCUT2D eigenvalue weighted by molar-refractivity contribution is -0.132. The van der Waals surface area contributed by atoms with Crippen LogP contribution in [-0.4, -0.2) is 49.4 Å². The number of nitrogens with zero attached hydrogens (tertiary/aromatic N) is 5. The van der Waals surface area contributed by atoms with Crippen LogP contribution in [0, 0.1) is 3.70 Å². The van der Waals surface area contributed by atoms with E-state index in [2.05, 4.69) is 50.3 Å². The highest BCUT2D eigenvalue weighted by Gasteiger charge is 2.27. The van der Waals surface area contributed by atoms with Crippen molar-refractivity contribution >= 4 is 58.0 Å². The molecule has 2 N–H and O–H groups in total. The highest BCUT2D eigenvalue weighted by atomic mass is 127. The van der Waals surface area contributed by atoms with Gasteiger partial charge in [-0.2, -0.15) is 17.7 Å². The minimum absolute atomic E-state index is 0.123. The zero-order valence-electron chi connectivity index (χ0n) is 11.9. The van der Waals surface area contributed by atoms with E-state index in [1.54, 1.807) is 0 Å². The average molecular weight is 432 g/mol. The molecular weight excluding hydrogens is 415 g/mol. The Morgan fingerprint density at radius 2 is 2.32 bits per heavy atom. The van der Waals surface area contributed by atoms with E-state index < -0.39 is 0 Å². The van der Waals surface area contributed by atoms with Gasteiger partial charge >= 0.3 is 0 Å². The summed E-state index contributed by atoms with van der Waals surface area (Å²) < 4.78 is 2.69. The summed E-state index contributed by atoms with van der Waals surface area (Å²) in [5, 5.41) is 5.38. The maximum Gasteiger partial charge on any atom is 0.223 e. The van der Waals surface area contributed by atoms with Gasteiger partial charge in [-0.15, -0.1) is 0 Å². The first kappa shape index (κ1) is 15.8. The summed E-state index contributed by atoms with van der Waals surface area (Å²) in [6, 6.07) is 0.123. The van der Waals surface area contributed by atoms with E-state index in [4.69, 9.17) is 5.73 Å². The highest BCUT2D eigenvalue weighted by Crippen LogP contribution is 2.29. The monoisotopic (exact) mass is 432 g/mol. The Labute approximate surface area is 147 Å². The third-order valence-corrected chi connectivity index (χ3v) is 4.87. The Kier molecular flexibility index (Phi) is 4.71. The molecule has 1 aliphatic heterocycles. The molecule has 2 aromatic heterocycles. The smallest absolute Gasteiger partial charge is 0.223 e. The molecule has 0 bridgehead atoms. The Morgan fingerprint density at radius 3 is 3.09 bits per heavy atom. The van der Waals surface area contributed by atoms with Crippen LogP contribution in [0.15, 0.2) is 6.33 Å². The lowest BCUT2D eigenvalue weighted by Crippen LogP contribution is -2.41. The van der Waals surface area contributed by atoms with Crippen molar-refractivity contribution < 1.29 is 4.79 Å². The van der Waals surface area contributed by atoms with Crippen molar-refractivity contribution in [1.29, 1.82) is 0 Å². The summed E-state index contributed by atoms with van der Waals surface area (Å²) >= 11 is 6.29. The molecule has 1 fully saturated rings. The quantitative estimate of drug-likeness (QED) is 0.567. The molecule has 0 unspecified atom stereocenters. The van der Waals surface area contributed by atoms with Crippen LogP contribution in [-0.2, 0) is 4.79 Å². The van der Waals surface area contributed by atoms with Crippen molar-refractivity contribution in [3.8, 4) is 0 Å². The average Bonchev–Trinajstić information content (AvgIpc) is 2.86. The summed E-state index contributed by atoms with van der Waals surface area (Å²) in [5.74, 6) is 1.17. The second-order valence-electron chi connectivity index (χ2n) is 5.30. The number of aromatic nitrogens is 4. The van der Waals surface area contributed by atoms with Gasteiger partial charge in [0, 0.05) is 19.5 Å². The number of rotatable bonds is 3. The van der Waals surface area contributed by atoms with Crippen molar-refractivity contribution in [1.82, 2.24) is 24.6 Å². The van der Waals surface area contributed by atoms with Gasteiger partial charge in [-0.05, 0) is 41.2 Å². The van der Waals surface area contributed by atoms with Gasteiger partial charge in [0.2, 0.25) is 5.91 Å². The SMILES string of the molecule is Nc1ncnc2c1c(I)nn2[C@@H]1CCCN(C(=O)CCS)C1. The van der Waals surface area contributed by atoms with E-state index in [0.29, 0.717) is 24.5 Å². The minimum Gasteiger partial charge on any atom is -0.383 e. The molecule has 0 aromatic carbocycles. The van der Waals surface area contributed by atoms with E-state index in [0.717, 1.165) is 34.1 Å². The topological polar surface area (TPSA) is 89.9 Å². The van der Waals surface area contributed by atoms with Crippen LogP contribution in [0.5, 0.6) is 0 Å². The number of piperidine rings is 1. The van der Waals surface area contributed by atoms with Crippen LogP contribution in [0.25, 0.3) is 11.0 Å². The number of likely N-dealkylation sites (tertiary alicyclic amines) is 1. The first-order valence-corrected chi connectivity index (χ1v) is 8.85. The molecule has 1 saturated heterocycles.